The molecule has 0 aliphatic carbocycles. The van der Waals surface area contributed by atoms with Gasteiger partial charge in [-0.3, -0.25) is 9.59 Å². The van der Waals surface area contributed by atoms with E-state index in [0.29, 0.717) is 16.4 Å². The second-order valence-electron chi connectivity index (χ2n) is 5.61. The predicted molar refractivity (Wildman–Crippen MR) is 105 cm³/mol. The molecule has 0 unspecified atom stereocenters. The summed E-state index contributed by atoms with van der Waals surface area (Å²) in [6, 6.07) is 20.9. The second-order valence-corrected chi connectivity index (χ2v) is 7.41. The lowest BCUT2D eigenvalue weighted by molar-refractivity contribution is -0.120. The summed E-state index contributed by atoms with van der Waals surface area (Å²) < 4.78 is 0.682. The molecule has 3 rings (SSSR count). The molecule has 1 aromatic heterocycles. The fraction of sp³-hybridized carbons (Fsp3) is 0.100. The molecule has 0 saturated heterocycles. The van der Waals surface area contributed by atoms with Crippen molar-refractivity contribution < 1.29 is 9.59 Å². The number of carbonyl (C=O) groups excluding carboxylic acids is 2. The highest BCUT2D eigenvalue weighted by molar-refractivity contribution is 7.16. The van der Waals surface area contributed by atoms with Crippen LogP contribution in [-0.2, 0) is 11.3 Å². The third-order valence-electron chi connectivity index (χ3n) is 3.75. The van der Waals surface area contributed by atoms with Gasteiger partial charge in [-0.25, -0.2) is 0 Å². The van der Waals surface area contributed by atoms with Crippen molar-refractivity contribution in [2.24, 2.45) is 0 Å². The molecule has 2 aromatic carbocycles. The van der Waals surface area contributed by atoms with Crippen LogP contribution < -0.4 is 10.6 Å². The molecular formula is C20H17ClN2O2S. The van der Waals surface area contributed by atoms with E-state index in [1.165, 1.54) is 11.3 Å². The van der Waals surface area contributed by atoms with Gasteiger partial charge in [-0.1, -0.05) is 54.1 Å². The van der Waals surface area contributed by atoms with E-state index in [0.717, 1.165) is 16.0 Å². The van der Waals surface area contributed by atoms with Crippen LogP contribution in [0.25, 0.3) is 11.1 Å². The minimum Gasteiger partial charge on any atom is -0.350 e. The van der Waals surface area contributed by atoms with Gasteiger partial charge in [0.15, 0.2) is 0 Å². The van der Waals surface area contributed by atoms with Crippen molar-refractivity contribution in [2.45, 2.75) is 6.54 Å². The van der Waals surface area contributed by atoms with Crippen LogP contribution in [0.15, 0.2) is 66.7 Å². The molecule has 26 heavy (non-hydrogen) atoms. The zero-order valence-electron chi connectivity index (χ0n) is 13.9. The number of thiophene rings is 1. The van der Waals surface area contributed by atoms with Crippen LogP contribution >= 0.6 is 22.9 Å². The molecule has 0 atom stereocenters. The number of hydrogen-bond acceptors (Lipinski definition) is 3. The number of benzene rings is 2. The van der Waals surface area contributed by atoms with Crippen molar-refractivity contribution in [3.8, 4) is 11.1 Å². The Morgan fingerprint density at radius 1 is 0.846 bits per heavy atom. The number of halogens is 1. The molecule has 132 valence electrons. The maximum absolute atomic E-state index is 12.2. The molecule has 0 spiro atoms. The fourth-order valence-corrected chi connectivity index (χ4v) is 3.43. The Bertz CT molecular complexity index is 892. The summed E-state index contributed by atoms with van der Waals surface area (Å²) in [5.41, 5.74) is 2.64. The van der Waals surface area contributed by atoms with Gasteiger partial charge in [0.1, 0.15) is 0 Å². The minimum atomic E-state index is -0.279. The maximum atomic E-state index is 12.2. The highest BCUT2D eigenvalue weighted by atomic mass is 35.5. The average molecular weight is 385 g/mol. The smallest absolute Gasteiger partial charge is 0.251 e. The standard InChI is InChI=1S/C20H17ClN2O2S/c21-18-11-10-17(26-18)12-22-19(24)13-23-20(25)16-8-6-15(7-9-16)14-4-2-1-3-5-14/h1-11H,12-13H2,(H,22,24)(H,23,25). The first-order valence-electron chi connectivity index (χ1n) is 8.06. The van der Waals surface area contributed by atoms with Crippen LogP contribution in [0, 0.1) is 0 Å². The molecular weight excluding hydrogens is 368 g/mol. The maximum Gasteiger partial charge on any atom is 0.251 e. The van der Waals surface area contributed by atoms with Crippen LogP contribution in [0.4, 0.5) is 0 Å². The van der Waals surface area contributed by atoms with Crippen molar-refractivity contribution in [1.82, 2.24) is 10.6 Å². The highest BCUT2D eigenvalue weighted by Gasteiger charge is 2.09. The average Bonchev–Trinajstić information content (AvgIpc) is 3.10. The summed E-state index contributed by atoms with van der Waals surface area (Å²) in [5, 5.41) is 5.37. The van der Waals surface area contributed by atoms with E-state index >= 15 is 0 Å². The lowest BCUT2D eigenvalue weighted by Crippen LogP contribution is -2.36. The van der Waals surface area contributed by atoms with Gasteiger partial charge in [0, 0.05) is 10.4 Å². The Hall–Kier alpha value is -2.63. The molecule has 1 heterocycles. The summed E-state index contributed by atoms with van der Waals surface area (Å²) in [7, 11) is 0. The van der Waals surface area contributed by atoms with Gasteiger partial charge in [-0.05, 0) is 35.4 Å². The van der Waals surface area contributed by atoms with Crippen LogP contribution in [0.5, 0.6) is 0 Å². The number of nitrogens with one attached hydrogen (secondary N) is 2. The Balaban J connectivity index is 1.49. The first-order chi connectivity index (χ1) is 12.6. The van der Waals surface area contributed by atoms with E-state index in [-0.39, 0.29) is 18.4 Å². The summed E-state index contributed by atoms with van der Waals surface area (Å²) in [4.78, 5) is 25.0. The van der Waals surface area contributed by atoms with Gasteiger partial charge in [0.05, 0.1) is 17.4 Å². The van der Waals surface area contributed by atoms with E-state index in [1.807, 2.05) is 48.5 Å². The van der Waals surface area contributed by atoms with Crippen LogP contribution in [0.2, 0.25) is 4.34 Å². The molecule has 2 amide bonds. The van der Waals surface area contributed by atoms with E-state index in [1.54, 1.807) is 18.2 Å². The first kappa shape index (κ1) is 18.2. The van der Waals surface area contributed by atoms with Gasteiger partial charge in [0.25, 0.3) is 5.91 Å². The number of carbonyl (C=O) groups is 2. The van der Waals surface area contributed by atoms with E-state index in [9.17, 15) is 9.59 Å². The summed E-state index contributed by atoms with van der Waals surface area (Å²) >= 11 is 7.26. The Morgan fingerprint density at radius 3 is 2.19 bits per heavy atom. The van der Waals surface area contributed by atoms with Crippen LogP contribution in [0.1, 0.15) is 15.2 Å². The Morgan fingerprint density at radius 2 is 1.54 bits per heavy atom. The van der Waals surface area contributed by atoms with Crippen molar-refractivity contribution in [3.63, 3.8) is 0 Å². The first-order valence-corrected chi connectivity index (χ1v) is 9.26. The van der Waals surface area contributed by atoms with Gasteiger partial charge in [-0.15, -0.1) is 11.3 Å². The zero-order valence-corrected chi connectivity index (χ0v) is 15.4. The lowest BCUT2D eigenvalue weighted by Gasteiger charge is -2.07. The van der Waals surface area contributed by atoms with E-state index in [2.05, 4.69) is 10.6 Å². The third-order valence-corrected chi connectivity index (χ3v) is 4.98. The van der Waals surface area contributed by atoms with E-state index in [4.69, 9.17) is 11.6 Å². The van der Waals surface area contributed by atoms with Gasteiger partial charge in [-0.2, -0.15) is 0 Å². The lowest BCUT2D eigenvalue weighted by atomic mass is 10.0. The third kappa shape index (κ3) is 4.94. The normalized spacial score (nSPS) is 10.3. The van der Waals surface area contributed by atoms with E-state index < -0.39 is 0 Å². The van der Waals surface area contributed by atoms with Gasteiger partial charge in [0.2, 0.25) is 5.91 Å². The molecule has 0 aliphatic rings. The summed E-state index contributed by atoms with van der Waals surface area (Å²) in [6.07, 6.45) is 0. The number of rotatable bonds is 6. The molecule has 2 N–H and O–H groups in total. The number of hydrogen-bond donors (Lipinski definition) is 2. The largest absolute Gasteiger partial charge is 0.350 e. The summed E-state index contributed by atoms with van der Waals surface area (Å²) in [5.74, 6) is -0.525. The minimum absolute atomic E-state index is 0.0711. The van der Waals surface area contributed by atoms with Crippen molar-refractivity contribution in [2.75, 3.05) is 6.54 Å². The molecule has 0 fully saturated rings. The number of amides is 2. The van der Waals surface area contributed by atoms with Crippen LogP contribution in [-0.4, -0.2) is 18.4 Å². The molecule has 0 saturated carbocycles. The Kier molecular flexibility index (Phi) is 6.04. The van der Waals surface area contributed by atoms with Crippen molar-refractivity contribution >= 4 is 34.8 Å². The quantitative estimate of drug-likeness (QED) is 0.671. The molecule has 0 aliphatic heterocycles. The van der Waals surface area contributed by atoms with Crippen LogP contribution in [0.3, 0.4) is 0 Å². The highest BCUT2D eigenvalue weighted by Crippen LogP contribution is 2.21. The molecule has 0 radical (unpaired) electrons. The molecule has 0 bridgehead atoms. The Labute approximate surface area is 160 Å². The predicted octanol–water partition coefficient (Wildman–Crippen LogP) is 4.11. The van der Waals surface area contributed by atoms with Gasteiger partial charge < -0.3 is 10.6 Å². The second kappa shape index (κ2) is 8.65. The molecule has 6 heteroatoms. The zero-order chi connectivity index (χ0) is 18.4. The molecule has 4 nitrogen and oxygen atoms in total. The monoisotopic (exact) mass is 384 g/mol. The van der Waals surface area contributed by atoms with Crippen molar-refractivity contribution in [1.29, 1.82) is 0 Å². The fourth-order valence-electron chi connectivity index (χ4n) is 2.40. The van der Waals surface area contributed by atoms with Gasteiger partial charge >= 0.3 is 0 Å². The molecule has 3 aromatic rings. The SMILES string of the molecule is O=C(CNC(=O)c1ccc(-c2ccccc2)cc1)NCc1ccc(Cl)s1. The van der Waals surface area contributed by atoms with Crippen molar-refractivity contribution in [3.05, 3.63) is 81.5 Å². The topological polar surface area (TPSA) is 58.2 Å². The summed E-state index contributed by atoms with van der Waals surface area (Å²) in [6.45, 7) is 0.330.